The van der Waals surface area contributed by atoms with E-state index in [1.165, 1.54) is 13.2 Å². The van der Waals surface area contributed by atoms with Crippen LogP contribution in [0.4, 0.5) is 5.69 Å². The number of pyridine rings is 1. The van der Waals surface area contributed by atoms with Crippen molar-refractivity contribution in [2.45, 2.75) is 0 Å². The van der Waals surface area contributed by atoms with Crippen LogP contribution >= 0.6 is 11.6 Å². The molecule has 142 valence electrons. The highest BCUT2D eigenvalue weighted by Crippen LogP contribution is 2.18. The van der Waals surface area contributed by atoms with Gasteiger partial charge in [-0.3, -0.25) is 4.79 Å². The fourth-order valence-electron chi connectivity index (χ4n) is 2.48. The number of ether oxygens (including phenoxy) is 2. The molecule has 1 amide bonds. The average Bonchev–Trinajstić information content (AvgIpc) is 2.71. The van der Waals surface area contributed by atoms with Gasteiger partial charge in [-0.1, -0.05) is 17.7 Å². The Hall–Kier alpha value is -3.45. The molecule has 0 aliphatic rings. The zero-order chi connectivity index (χ0) is 20.1. The lowest BCUT2D eigenvalue weighted by Gasteiger charge is -2.08. The third kappa shape index (κ3) is 4.63. The van der Waals surface area contributed by atoms with Crippen molar-refractivity contribution in [1.82, 2.24) is 4.98 Å². The highest BCUT2D eigenvalue weighted by atomic mass is 35.5. The highest BCUT2D eigenvalue weighted by molar-refractivity contribution is 6.29. The molecule has 28 heavy (non-hydrogen) atoms. The van der Waals surface area contributed by atoms with Gasteiger partial charge in [0.2, 0.25) is 0 Å². The fourth-order valence-corrected chi connectivity index (χ4v) is 2.64. The number of nitrogens with zero attached hydrogens (tertiary/aromatic N) is 1. The van der Waals surface area contributed by atoms with Crippen molar-refractivity contribution in [3.05, 3.63) is 70.9 Å². The van der Waals surface area contributed by atoms with Crippen molar-refractivity contribution in [1.29, 1.82) is 0 Å². The number of fused-ring (bicyclic) bond motifs is 1. The molecule has 0 aliphatic carbocycles. The van der Waals surface area contributed by atoms with E-state index >= 15 is 0 Å². The molecule has 0 unspecified atom stereocenters. The van der Waals surface area contributed by atoms with Crippen molar-refractivity contribution >= 4 is 46.0 Å². The molecule has 0 saturated carbocycles. The van der Waals surface area contributed by atoms with Crippen LogP contribution in [0.1, 0.15) is 20.7 Å². The van der Waals surface area contributed by atoms with Gasteiger partial charge in [-0.05, 0) is 48.5 Å². The molecule has 0 radical (unpaired) electrons. The Morgan fingerprint density at radius 2 is 1.79 bits per heavy atom. The van der Waals surface area contributed by atoms with Crippen molar-refractivity contribution in [3.8, 4) is 0 Å². The molecule has 1 aromatic heterocycles. The minimum absolute atomic E-state index is 0.289. The lowest BCUT2D eigenvalue weighted by molar-refractivity contribution is -0.119. The normalized spacial score (nSPS) is 10.4. The third-order valence-corrected chi connectivity index (χ3v) is 4.00. The molecule has 0 saturated heterocycles. The predicted molar refractivity (Wildman–Crippen MR) is 103 cm³/mol. The van der Waals surface area contributed by atoms with Crippen molar-refractivity contribution in [2.24, 2.45) is 0 Å². The number of hydrogen-bond acceptors (Lipinski definition) is 6. The zero-order valence-electron chi connectivity index (χ0n) is 14.8. The van der Waals surface area contributed by atoms with E-state index in [1.54, 1.807) is 48.5 Å². The van der Waals surface area contributed by atoms with Crippen LogP contribution in [0.2, 0.25) is 5.15 Å². The van der Waals surface area contributed by atoms with Crippen LogP contribution in [0.3, 0.4) is 0 Å². The summed E-state index contributed by atoms with van der Waals surface area (Å²) >= 11 is 5.83. The van der Waals surface area contributed by atoms with Crippen molar-refractivity contribution < 1.29 is 23.9 Å². The van der Waals surface area contributed by atoms with E-state index in [0.29, 0.717) is 21.9 Å². The number of hydrogen-bond donors (Lipinski definition) is 1. The maximum Gasteiger partial charge on any atom is 0.338 e. The second-order valence-corrected chi connectivity index (χ2v) is 6.13. The van der Waals surface area contributed by atoms with E-state index in [1.807, 2.05) is 0 Å². The van der Waals surface area contributed by atoms with E-state index in [4.69, 9.17) is 16.3 Å². The Balaban J connectivity index is 1.60. The second kappa shape index (κ2) is 8.49. The maximum atomic E-state index is 12.2. The molecule has 0 aliphatic heterocycles. The van der Waals surface area contributed by atoms with Crippen molar-refractivity contribution in [2.75, 3.05) is 19.0 Å². The summed E-state index contributed by atoms with van der Waals surface area (Å²) < 4.78 is 9.67. The van der Waals surface area contributed by atoms with Gasteiger partial charge in [-0.2, -0.15) is 0 Å². The summed E-state index contributed by atoms with van der Waals surface area (Å²) in [6.07, 6.45) is 0. The Bertz CT molecular complexity index is 1070. The van der Waals surface area contributed by atoms with Crippen LogP contribution in [0.5, 0.6) is 0 Å². The van der Waals surface area contributed by atoms with Crippen LogP contribution in [-0.2, 0) is 14.3 Å². The minimum atomic E-state index is -0.643. The van der Waals surface area contributed by atoms with Gasteiger partial charge >= 0.3 is 11.9 Å². The maximum absolute atomic E-state index is 12.2. The second-order valence-electron chi connectivity index (χ2n) is 5.74. The van der Waals surface area contributed by atoms with E-state index in [9.17, 15) is 14.4 Å². The number of carbonyl (C=O) groups is 3. The molecule has 1 heterocycles. The van der Waals surface area contributed by atoms with Gasteiger partial charge in [0.25, 0.3) is 5.91 Å². The smallest absolute Gasteiger partial charge is 0.338 e. The predicted octanol–water partition coefficient (Wildman–Crippen LogP) is 3.47. The van der Waals surface area contributed by atoms with Gasteiger partial charge in [0.15, 0.2) is 6.61 Å². The SMILES string of the molecule is COC(=O)c1cccc(NC(=O)COC(=O)c2ccc3nc(Cl)ccc3c2)c1. The first-order valence-electron chi connectivity index (χ1n) is 8.18. The first-order valence-corrected chi connectivity index (χ1v) is 8.56. The number of anilines is 1. The summed E-state index contributed by atoms with van der Waals surface area (Å²) in [5.41, 5.74) is 1.61. The Labute approximate surface area is 165 Å². The van der Waals surface area contributed by atoms with Gasteiger partial charge in [0, 0.05) is 11.1 Å². The molecule has 0 fully saturated rings. The first-order chi connectivity index (χ1) is 13.5. The molecule has 0 spiro atoms. The molecule has 2 aromatic carbocycles. The number of nitrogens with one attached hydrogen (secondary N) is 1. The summed E-state index contributed by atoms with van der Waals surface area (Å²) in [5, 5.41) is 3.64. The number of aromatic nitrogens is 1. The fraction of sp³-hybridized carbons (Fsp3) is 0.100. The summed E-state index contributed by atoms with van der Waals surface area (Å²) in [6.45, 7) is -0.474. The Morgan fingerprint density at radius 3 is 2.57 bits per heavy atom. The van der Waals surface area contributed by atoms with E-state index in [0.717, 1.165) is 5.39 Å². The van der Waals surface area contributed by atoms with E-state index < -0.39 is 24.5 Å². The Morgan fingerprint density at radius 1 is 1.00 bits per heavy atom. The van der Waals surface area contributed by atoms with Crippen molar-refractivity contribution in [3.63, 3.8) is 0 Å². The summed E-state index contributed by atoms with van der Waals surface area (Å²) in [4.78, 5) is 39.9. The number of methoxy groups -OCH3 is 1. The number of amides is 1. The quantitative estimate of drug-likeness (QED) is 0.522. The van der Waals surface area contributed by atoms with Gasteiger partial charge in [-0.15, -0.1) is 0 Å². The van der Waals surface area contributed by atoms with Crippen LogP contribution in [0, 0.1) is 0 Å². The lowest BCUT2D eigenvalue weighted by Crippen LogP contribution is -2.21. The lowest BCUT2D eigenvalue weighted by atomic mass is 10.1. The van der Waals surface area contributed by atoms with Gasteiger partial charge < -0.3 is 14.8 Å². The molecule has 1 N–H and O–H groups in total. The number of rotatable bonds is 5. The van der Waals surface area contributed by atoms with E-state index in [-0.39, 0.29) is 5.56 Å². The topological polar surface area (TPSA) is 94.6 Å². The van der Waals surface area contributed by atoms with Gasteiger partial charge in [0.1, 0.15) is 5.15 Å². The molecule has 0 atom stereocenters. The monoisotopic (exact) mass is 398 g/mol. The number of benzene rings is 2. The Kier molecular flexibility index (Phi) is 5.86. The molecule has 0 bridgehead atoms. The van der Waals surface area contributed by atoms with Gasteiger partial charge in [0.05, 0.1) is 23.8 Å². The molecule has 3 rings (SSSR count). The number of esters is 2. The third-order valence-electron chi connectivity index (χ3n) is 3.79. The number of halogens is 1. The first kappa shape index (κ1) is 19.3. The summed E-state index contributed by atoms with van der Waals surface area (Å²) in [5.74, 6) is -1.70. The zero-order valence-corrected chi connectivity index (χ0v) is 15.5. The standard InChI is InChI=1S/C20H15ClN2O5/c1-27-19(25)13-3-2-4-15(10-13)22-18(24)11-28-20(26)14-5-7-16-12(9-14)6-8-17(21)23-16/h2-10H,11H2,1H3,(H,22,24). The molecular formula is C20H15ClN2O5. The highest BCUT2D eigenvalue weighted by Gasteiger charge is 2.12. The average molecular weight is 399 g/mol. The summed E-state index contributed by atoms with van der Waals surface area (Å²) in [6, 6.07) is 14.4. The molecule has 3 aromatic rings. The molecule has 7 nitrogen and oxygen atoms in total. The summed E-state index contributed by atoms with van der Waals surface area (Å²) in [7, 11) is 1.27. The minimum Gasteiger partial charge on any atom is -0.465 e. The number of carbonyl (C=O) groups excluding carboxylic acids is 3. The largest absolute Gasteiger partial charge is 0.465 e. The van der Waals surface area contributed by atoms with Gasteiger partial charge in [-0.25, -0.2) is 14.6 Å². The van der Waals surface area contributed by atoms with Crippen LogP contribution in [0.25, 0.3) is 10.9 Å². The van der Waals surface area contributed by atoms with Crippen LogP contribution in [0.15, 0.2) is 54.6 Å². The van der Waals surface area contributed by atoms with Crippen LogP contribution < -0.4 is 5.32 Å². The van der Waals surface area contributed by atoms with E-state index in [2.05, 4.69) is 15.0 Å². The van der Waals surface area contributed by atoms with Crippen LogP contribution in [-0.4, -0.2) is 36.5 Å². The molecule has 8 heteroatoms. The molecular weight excluding hydrogens is 384 g/mol.